The molecule has 0 bridgehead atoms. The molecule has 1 atom stereocenters. The van der Waals surface area contributed by atoms with Crippen molar-refractivity contribution in [2.75, 3.05) is 11.9 Å². The van der Waals surface area contributed by atoms with E-state index in [0.717, 1.165) is 0 Å². The smallest absolute Gasteiger partial charge is 0.328 e. The number of hydrogen-bond donors (Lipinski definition) is 1. The quantitative estimate of drug-likeness (QED) is 0.489. The van der Waals surface area contributed by atoms with Gasteiger partial charge in [0.15, 0.2) is 5.78 Å². The van der Waals surface area contributed by atoms with Crippen LogP contribution in [0.5, 0.6) is 0 Å². The fourth-order valence-electron chi connectivity index (χ4n) is 2.45. The van der Waals surface area contributed by atoms with Gasteiger partial charge in [-0.15, -0.1) is 0 Å². The molecule has 0 saturated carbocycles. The van der Waals surface area contributed by atoms with Gasteiger partial charge in [-0.2, -0.15) is 0 Å². The van der Waals surface area contributed by atoms with Gasteiger partial charge in [0.2, 0.25) is 10.9 Å². The lowest BCUT2D eigenvalue weighted by Gasteiger charge is -2.15. The summed E-state index contributed by atoms with van der Waals surface area (Å²) in [5.41, 5.74) is -0.674. The molecule has 22 heavy (non-hydrogen) atoms. The van der Waals surface area contributed by atoms with E-state index in [1.807, 2.05) is 0 Å². The van der Waals surface area contributed by atoms with E-state index in [4.69, 9.17) is 4.74 Å². The van der Waals surface area contributed by atoms with Crippen molar-refractivity contribution < 1.29 is 14.3 Å². The molecule has 3 rings (SSSR count). The number of anilines is 1. The average molecular weight is 299 g/mol. The second-order valence-electron chi connectivity index (χ2n) is 5.13. The van der Waals surface area contributed by atoms with Gasteiger partial charge in [0.25, 0.3) is 0 Å². The molecule has 1 unspecified atom stereocenters. The zero-order chi connectivity index (χ0) is 15.7. The van der Waals surface area contributed by atoms with Gasteiger partial charge < -0.3 is 10.1 Å². The van der Waals surface area contributed by atoms with E-state index >= 15 is 0 Å². The Kier molecular flexibility index (Phi) is 3.58. The molecule has 1 saturated heterocycles. The summed E-state index contributed by atoms with van der Waals surface area (Å²) in [6, 6.07) is 7.90. The maximum absolute atomic E-state index is 12.1. The van der Waals surface area contributed by atoms with Gasteiger partial charge in [-0.1, -0.05) is 30.3 Å². The average Bonchev–Trinajstić information content (AvgIpc) is 2.96. The first-order valence-corrected chi connectivity index (χ1v) is 6.91. The predicted octanol–water partition coefficient (Wildman–Crippen LogP) is 0.435. The van der Waals surface area contributed by atoms with E-state index in [0.29, 0.717) is 12.0 Å². The van der Waals surface area contributed by atoms with Crippen molar-refractivity contribution in [1.29, 1.82) is 0 Å². The number of nitrogens with one attached hydrogen (secondary N) is 1. The van der Waals surface area contributed by atoms with Crippen LogP contribution < -0.4 is 16.2 Å². The van der Waals surface area contributed by atoms with Crippen molar-refractivity contribution >= 4 is 17.4 Å². The highest BCUT2D eigenvalue weighted by molar-refractivity contribution is 5.98. The minimum absolute atomic E-state index is 0.0677. The van der Waals surface area contributed by atoms with E-state index in [9.17, 15) is 19.2 Å². The molecule has 1 fully saturated rings. The summed E-state index contributed by atoms with van der Waals surface area (Å²) in [5, 5.41) is 2.73. The highest BCUT2D eigenvalue weighted by Crippen LogP contribution is 2.17. The number of ketones is 1. The van der Waals surface area contributed by atoms with E-state index in [1.54, 1.807) is 30.3 Å². The summed E-state index contributed by atoms with van der Waals surface area (Å²) in [5.74, 6) is -0.696. The SMILES string of the molecule is O=C(Cc1c(NC2CCOC2=O)c(=O)c1=O)c1ccccc1. The molecule has 0 aromatic heterocycles. The molecule has 2 aromatic rings. The van der Waals surface area contributed by atoms with Gasteiger partial charge in [0, 0.05) is 24.0 Å². The molecule has 1 N–H and O–H groups in total. The predicted molar refractivity (Wildman–Crippen MR) is 78.8 cm³/mol. The van der Waals surface area contributed by atoms with Crippen LogP contribution in [0.3, 0.4) is 0 Å². The highest BCUT2D eigenvalue weighted by Gasteiger charge is 2.31. The fourth-order valence-corrected chi connectivity index (χ4v) is 2.45. The van der Waals surface area contributed by atoms with Crippen LogP contribution in [0.1, 0.15) is 22.3 Å². The second kappa shape index (κ2) is 5.55. The first kappa shape index (κ1) is 14.2. The molecular formula is C16H13NO5. The van der Waals surface area contributed by atoms with Gasteiger partial charge in [-0.25, -0.2) is 4.79 Å². The largest absolute Gasteiger partial charge is 0.464 e. The van der Waals surface area contributed by atoms with Gasteiger partial charge in [0.1, 0.15) is 6.04 Å². The number of ether oxygens (including phenoxy) is 1. The standard InChI is InChI=1S/C16H13NO5/c18-12(9-4-2-1-3-5-9)8-10-13(15(20)14(10)19)17-11-6-7-22-16(11)21/h1-5,11,17H,6-8H2. The Hall–Kier alpha value is -2.76. The van der Waals surface area contributed by atoms with Crippen LogP contribution in [0.25, 0.3) is 0 Å². The van der Waals surface area contributed by atoms with Gasteiger partial charge in [0.05, 0.1) is 12.3 Å². The Morgan fingerprint density at radius 1 is 1.14 bits per heavy atom. The van der Waals surface area contributed by atoms with Crippen LogP contribution in [-0.4, -0.2) is 24.4 Å². The van der Waals surface area contributed by atoms with Crippen LogP contribution in [0.15, 0.2) is 39.9 Å². The van der Waals surface area contributed by atoms with E-state index in [2.05, 4.69) is 5.32 Å². The zero-order valence-corrected chi connectivity index (χ0v) is 11.6. The Labute approximate surface area is 125 Å². The normalized spacial score (nSPS) is 17.5. The minimum Gasteiger partial charge on any atom is -0.464 e. The van der Waals surface area contributed by atoms with Gasteiger partial charge in [-0.3, -0.25) is 14.4 Å². The number of rotatable bonds is 5. The molecule has 0 radical (unpaired) electrons. The first-order valence-electron chi connectivity index (χ1n) is 6.91. The number of cyclic esters (lactones) is 1. The third kappa shape index (κ3) is 2.43. The van der Waals surface area contributed by atoms with Crippen molar-refractivity contribution in [2.45, 2.75) is 18.9 Å². The lowest BCUT2D eigenvalue weighted by Crippen LogP contribution is -2.42. The third-order valence-electron chi connectivity index (χ3n) is 3.70. The molecule has 1 aliphatic rings. The molecule has 1 aliphatic heterocycles. The lowest BCUT2D eigenvalue weighted by molar-refractivity contribution is -0.138. The topological polar surface area (TPSA) is 89.5 Å². The number of benzene rings is 1. The monoisotopic (exact) mass is 299 g/mol. The van der Waals surface area contributed by atoms with E-state index in [-0.39, 0.29) is 30.1 Å². The van der Waals surface area contributed by atoms with E-state index in [1.165, 1.54) is 0 Å². The Bertz CT molecular complexity index is 802. The second-order valence-corrected chi connectivity index (χ2v) is 5.13. The van der Waals surface area contributed by atoms with Crippen LogP contribution in [0.2, 0.25) is 0 Å². The molecule has 1 heterocycles. The van der Waals surface area contributed by atoms with E-state index < -0.39 is 22.9 Å². The summed E-state index contributed by atoms with van der Waals surface area (Å²) in [6.07, 6.45) is 0.280. The number of carbonyl (C=O) groups excluding carboxylic acids is 2. The van der Waals surface area contributed by atoms with Crippen molar-refractivity contribution in [2.24, 2.45) is 0 Å². The molecule has 0 aliphatic carbocycles. The van der Waals surface area contributed by atoms with Crippen molar-refractivity contribution in [1.82, 2.24) is 0 Å². The van der Waals surface area contributed by atoms with Crippen molar-refractivity contribution in [3.63, 3.8) is 0 Å². The van der Waals surface area contributed by atoms with Crippen molar-refractivity contribution in [3.8, 4) is 0 Å². The van der Waals surface area contributed by atoms with Crippen LogP contribution in [-0.2, 0) is 16.0 Å². The maximum atomic E-state index is 12.1. The Morgan fingerprint density at radius 2 is 1.86 bits per heavy atom. The number of carbonyl (C=O) groups is 2. The summed E-state index contributed by atoms with van der Waals surface area (Å²) in [4.78, 5) is 46.9. The summed E-state index contributed by atoms with van der Waals surface area (Å²) in [6.45, 7) is 0.282. The molecule has 0 spiro atoms. The molecule has 112 valence electrons. The lowest BCUT2D eigenvalue weighted by atomic mass is 9.97. The molecule has 6 heteroatoms. The molecule has 2 aromatic carbocycles. The highest BCUT2D eigenvalue weighted by atomic mass is 16.5. The van der Waals surface area contributed by atoms with Gasteiger partial charge in [-0.05, 0) is 0 Å². The third-order valence-corrected chi connectivity index (χ3v) is 3.70. The van der Waals surface area contributed by atoms with Crippen LogP contribution >= 0.6 is 0 Å². The molecule has 6 nitrogen and oxygen atoms in total. The minimum atomic E-state index is -0.685. The molecular weight excluding hydrogens is 286 g/mol. The maximum Gasteiger partial charge on any atom is 0.328 e. The number of hydrogen-bond acceptors (Lipinski definition) is 6. The first-order chi connectivity index (χ1) is 10.6. The zero-order valence-electron chi connectivity index (χ0n) is 11.6. The number of esters is 1. The van der Waals surface area contributed by atoms with Crippen LogP contribution in [0.4, 0.5) is 5.69 Å². The summed E-state index contributed by atoms with van der Waals surface area (Å²) >= 11 is 0. The molecule has 0 amide bonds. The Balaban J connectivity index is 1.79. The number of Topliss-reactive ketones (excluding diaryl/α,β-unsaturated/α-hetero) is 1. The fraction of sp³-hybridized carbons (Fsp3) is 0.250. The summed E-state index contributed by atoms with van der Waals surface area (Å²) in [7, 11) is 0. The summed E-state index contributed by atoms with van der Waals surface area (Å²) < 4.78 is 4.80. The Morgan fingerprint density at radius 3 is 2.50 bits per heavy atom. The van der Waals surface area contributed by atoms with Crippen molar-refractivity contribution in [3.05, 3.63) is 61.9 Å². The van der Waals surface area contributed by atoms with Crippen LogP contribution in [0, 0.1) is 0 Å². The van der Waals surface area contributed by atoms with Gasteiger partial charge >= 0.3 is 5.97 Å².